The van der Waals surface area contributed by atoms with Crippen LogP contribution >= 0.6 is 0 Å². The molecular weight excluding hydrogens is 1370 g/mol. The zero-order valence-corrected chi connectivity index (χ0v) is 56.6. The highest BCUT2D eigenvalue weighted by Crippen LogP contribution is 2.43. The molecule has 1 fully saturated rings. The third-order valence-electron chi connectivity index (χ3n) is 19.3. The van der Waals surface area contributed by atoms with Crippen molar-refractivity contribution in [2.75, 3.05) is 46.8 Å². The maximum absolute atomic E-state index is 14.6. The van der Waals surface area contributed by atoms with Crippen LogP contribution in [0, 0.1) is 5.92 Å². The molecule has 0 N–H and O–H groups in total. The van der Waals surface area contributed by atoms with Gasteiger partial charge in [-0.05, 0) is 70.5 Å². The number of carbonyl (C=O) groups is 4. The summed E-state index contributed by atoms with van der Waals surface area (Å²) in [6, 6.07) is 55.0. The second-order valence-electron chi connectivity index (χ2n) is 26.5. The number of aromatic nitrogens is 12. The van der Waals surface area contributed by atoms with Crippen LogP contribution in [-0.2, 0) is 19.4 Å². The number of aryl methyl sites for hydroxylation is 1. The van der Waals surface area contributed by atoms with E-state index in [9.17, 15) is 58.7 Å². The molecule has 0 radical (unpaired) electrons. The zero-order chi connectivity index (χ0) is 72.9. The van der Waals surface area contributed by atoms with Gasteiger partial charge in [0, 0.05) is 66.0 Å². The lowest BCUT2D eigenvalue weighted by molar-refractivity contribution is -0.138. The number of benzene rings is 6. The molecule has 0 saturated carbocycles. The number of likely N-dealkylation sites (tertiary alicyclic amines) is 1. The monoisotopic (exact) mass is 1450 g/mol. The SMILES string of the molecule is C.CN(CC(F)(F)F)C(=O)c1nc2n(n1)[C@H](c1ccccc1)C[C@@H]2F.CN(CC(F)F)C(=O)c1nc2n(n1)[C@H](c1ccccc1)C[C@@H]2F.O=C(c1nc2n(n1)[C@H](c1ccccc1)C[C@@H]2F)N1CCC(Cc2ccccc2)C1.O=C(c1nc2n(n1)[C@H](c1ccccc1)C[C@@H]2F)N1CCCc2ccccc2C1. The topological polar surface area (TPSA) is 204 Å². The lowest BCUT2D eigenvalue weighted by atomic mass is 9.99. The van der Waals surface area contributed by atoms with Crippen LogP contribution in [0.1, 0.15) is 200 Å². The van der Waals surface area contributed by atoms with Gasteiger partial charge in [0.05, 0.1) is 30.7 Å². The number of carbonyl (C=O) groups excluding carboxylic acids is 4. The minimum Gasteiger partial charge on any atom is -0.336 e. The molecule has 9 atom stereocenters. The van der Waals surface area contributed by atoms with Crippen molar-refractivity contribution >= 4 is 23.6 Å². The average Bonchev–Trinajstić information content (AvgIpc) is 1.64. The van der Waals surface area contributed by atoms with Gasteiger partial charge in [-0.1, -0.05) is 183 Å². The first-order chi connectivity index (χ1) is 50.1. The van der Waals surface area contributed by atoms with Gasteiger partial charge in [-0.15, -0.1) is 20.4 Å². The summed E-state index contributed by atoms with van der Waals surface area (Å²) in [7, 11) is 2.24. The Kier molecular flexibility index (Phi) is 22.5. The van der Waals surface area contributed by atoms with Crippen molar-refractivity contribution in [3.63, 3.8) is 0 Å². The fourth-order valence-corrected chi connectivity index (χ4v) is 14.2. The predicted molar refractivity (Wildman–Crippen MR) is 369 cm³/mol. The molecule has 10 aromatic rings. The van der Waals surface area contributed by atoms with E-state index in [1.807, 2.05) is 132 Å². The molecule has 548 valence electrons. The molecule has 20 nitrogen and oxygen atoms in total. The summed E-state index contributed by atoms with van der Waals surface area (Å²) >= 11 is 0. The molecule has 1 saturated heterocycles. The molecule has 4 aromatic heterocycles. The molecule has 0 aliphatic carbocycles. The highest BCUT2D eigenvalue weighted by atomic mass is 19.4. The number of amides is 4. The van der Waals surface area contributed by atoms with E-state index in [1.54, 1.807) is 38.5 Å². The quantitative estimate of drug-likeness (QED) is 0.0989. The van der Waals surface area contributed by atoms with Crippen LogP contribution in [0.3, 0.4) is 0 Å². The second kappa shape index (κ2) is 32.0. The lowest BCUT2D eigenvalue weighted by Gasteiger charge is -2.19. The van der Waals surface area contributed by atoms with E-state index in [0.29, 0.717) is 49.8 Å². The van der Waals surface area contributed by atoms with E-state index >= 15 is 0 Å². The van der Waals surface area contributed by atoms with Crippen LogP contribution in [0.2, 0.25) is 0 Å². The van der Waals surface area contributed by atoms with Crippen molar-refractivity contribution in [1.82, 2.24) is 78.7 Å². The van der Waals surface area contributed by atoms with Crippen molar-refractivity contribution in [2.24, 2.45) is 5.92 Å². The molecule has 6 aliphatic rings. The summed E-state index contributed by atoms with van der Waals surface area (Å²) < 4.78 is 125. The van der Waals surface area contributed by atoms with E-state index in [4.69, 9.17) is 0 Å². The molecule has 6 aromatic carbocycles. The summed E-state index contributed by atoms with van der Waals surface area (Å²) in [5, 5.41) is 16.9. The van der Waals surface area contributed by atoms with Crippen LogP contribution in [0.25, 0.3) is 0 Å². The summed E-state index contributed by atoms with van der Waals surface area (Å²) in [5.41, 5.74) is 7.36. The van der Waals surface area contributed by atoms with Gasteiger partial charge < -0.3 is 19.6 Å². The van der Waals surface area contributed by atoms with Gasteiger partial charge in [0.2, 0.25) is 23.3 Å². The van der Waals surface area contributed by atoms with E-state index in [0.717, 1.165) is 65.4 Å². The van der Waals surface area contributed by atoms with E-state index in [-0.39, 0.29) is 91.0 Å². The van der Waals surface area contributed by atoms with Crippen molar-refractivity contribution in [3.8, 4) is 0 Å². The molecule has 10 heterocycles. The number of nitrogens with zero attached hydrogens (tertiary/aromatic N) is 16. The standard InChI is InChI=1S/C23H23FN4O.C22H21FN4O.C15H14F4N4O.C15H15F3N4O.CH4/c24-19-14-20(18-9-5-2-6-10-18)28-22(19)25-21(26-28)23(29)27-12-11-17(15-27)13-16-7-3-1-4-8-16;23-18-13-19(16-8-2-1-3-9-16)27-21(18)24-20(25-27)22(28)26-12-6-11-15-7-4-5-10-17(15)14-26;1-22(8-15(17,18)19)14(24)12-20-13-10(16)7-11(23(13)21-12)9-5-3-2-4-6-9;1-21(8-12(17)18)15(23)13-19-14-10(16)7-11(22(14)20-13)9-5-3-2-4-6-9;/h1-10,17,19-20H,11-15H2;1-5,7-10,18-19H,6,11-14H2;2-6,10-11H,7-8H2,1H3;2-6,10-12H,7-8H2,1H3;1H4/t17?,19-,20-;18-,19-;2*10-,11-;/m0000./s1. The number of alkyl halides is 9. The molecule has 6 aliphatic heterocycles. The average molecular weight is 1450 g/mol. The Morgan fingerprint density at radius 3 is 1.22 bits per heavy atom. The van der Waals surface area contributed by atoms with E-state index in [2.05, 4.69) is 64.6 Å². The van der Waals surface area contributed by atoms with Crippen LogP contribution in [0.4, 0.5) is 39.5 Å². The van der Waals surface area contributed by atoms with Gasteiger partial charge in [-0.25, -0.2) is 65.0 Å². The molecule has 16 rings (SSSR count). The largest absolute Gasteiger partial charge is 0.406 e. The van der Waals surface area contributed by atoms with Crippen LogP contribution < -0.4 is 0 Å². The van der Waals surface area contributed by atoms with Gasteiger partial charge in [-0.2, -0.15) is 13.2 Å². The first kappa shape index (κ1) is 73.9. The Hall–Kier alpha value is -10.9. The summed E-state index contributed by atoms with van der Waals surface area (Å²) in [5.74, 6) is -1.65. The van der Waals surface area contributed by atoms with E-state index in [1.165, 1.54) is 27.5 Å². The van der Waals surface area contributed by atoms with Gasteiger partial charge in [0.15, 0.2) is 48.0 Å². The summed E-state index contributed by atoms with van der Waals surface area (Å²) in [6.45, 7) is 0.444. The fraction of sp³-hybridized carbons (Fsp3) is 0.368. The number of fused-ring (bicyclic) bond motifs is 5. The predicted octanol–water partition coefficient (Wildman–Crippen LogP) is 14.0. The zero-order valence-electron chi connectivity index (χ0n) is 56.6. The highest BCUT2D eigenvalue weighted by Gasteiger charge is 2.43. The molecule has 1 unspecified atom stereocenters. The minimum atomic E-state index is -4.53. The second-order valence-corrected chi connectivity index (χ2v) is 26.5. The lowest BCUT2D eigenvalue weighted by Crippen LogP contribution is -2.36. The normalized spacial score (nSPS) is 21.0. The van der Waals surface area contributed by atoms with E-state index < -0.39 is 74.1 Å². The van der Waals surface area contributed by atoms with Gasteiger partial charge in [0.25, 0.3) is 30.1 Å². The summed E-state index contributed by atoms with van der Waals surface area (Å²) in [6.07, 6.45) is -7.60. The maximum atomic E-state index is 14.6. The van der Waals surface area contributed by atoms with Crippen LogP contribution in [-0.4, -0.2) is 162 Å². The van der Waals surface area contributed by atoms with Gasteiger partial charge in [-0.3, -0.25) is 19.2 Å². The van der Waals surface area contributed by atoms with Crippen LogP contribution in [0.15, 0.2) is 176 Å². The molecule has 4 amide bonds. The van der Waals surface area contributed by atoms with Crippen molar-refractivity contribution in [2.45, 2.75) is 127 Å². The van der Waals surface area contributed by atoms with Crippen LogP contribution in [0.5, 0.6) is 0 Å². The Morgan fingerprint density at radius 1 is 0.467 bits per heavy atom. The first-order valence-corrected chi connectivity index (χ1v) is 34.3. The van der Waals surface area contributed by atoms with Gasteiger partial charge in [0.1, 0.15) is 6.54 Å². The number of hydrogen-bond acceptors (Lipinski definition) is 12. The number of hydrogen-bond donors (Lipinski definition) is 0. The highest BCUT2D eigenvalue weighted by molar-refractivity contribution is 5.92. The molecule has 29 heteroatoms. The molecule has 105 heavy (non-hydrogen) atoms. The minimum absolute atomic E-state index is 0. The molecule has 0 bridgehead atoms. The first-order valence-electron chi connectivity index (χ1n) is 34.3. The smallest absolute Gasteiger partial charge is 0.336 e. The Balaban J connectivity index is 0.000000132. The van der Waals surface area contributed by atoms with Gasteiger partial charge >= 0.3 is 6.18 Å². The van der Waals surface area contributed by atoms with Crippen molar-refractivity contribution in [3.05, 3.63) is 261 Å². The molecule has 0 spiro atoms. The number of rotatable bonds is 13. The Morgan fingerprint density at radius 2 is 0.819 bits per heavy atom. The fourth-order valence-electron chi connectivity index (χ4n) is 14.2. The number of halogens is 9. The Labute approximate surface area is 599 Å². The molecular formula is C76H77F9N16O4. The van der Waals surface area contributed by atoms with Crippen molar-refractivity contribution in [1.29, 1.82) is 0 Å². The maximum Gasteiger partial charge on any atom is 0.406 e. The van der Waals surface area contributed by atoms with Crippen molar-refractivity contribution < 1.29 is 58.7 Å². The third-order valence-corrected chi connectivity index (χ3v) is 19.3. The summed E-state index contributed by atoms with van der Waals surface area (Å²) in [4.78, 5) is 71.4. The third kappa shape index (κ3) is 16.6. The Bertz CT molecular complexity index is 4620.